The van der Waals surface area contributed by atoms with E-state index in [0.717, 1.165) is 16.9 Å². The van der Waals surface area contributed by atoms with Crippen molar-refractivity contribution in [3.8, 4) is 0 Å². The molecule has 37 heavy (non-hydrogen) atoms. The number of hydrogen-bond donors (Lipinski definition) is 2. The first-order chi connectivity index (χ1) is 17.8. The van der Waals surface area contributed by atoms with Crippen LogP contribution in [-0.4, -0.2) is 16.8 Å². The predicted molar refractivity (Wildman–Crippen MR) is 149 cm³/mol. The van der Waals surface area contributed by atoms with Gasteiger partial charge in [-0.05, 0) is 67.1 Å². The van der Waals surface area contributed by atoms with Gasteiger partial charge in [0.05, 0.1) is 21.7 Å². The summed E-state index contributed by atoms with van der Waals surface area (Å²) in [5.74, 6) is -1.81. The minimum atomic E-state index is -0.831. The Morgan fingerprint density at radius 1 is 0.811 bits per heavy atom. The van der Waals surface area contributed by atoms with Crippen LogP contribution in [0.15, 0.2) is 103 Å². The van der Waals surface area contributed by atoms with E-state index in [1.807, 2.05) is 73.7 Å². The number of aliphatic hydroxyl groups is 1. The van der Waals surface area contributed by atoms with Crippen molar-refractivity contribution in [3.05, 3.63) is 129 Å². The van der Waals surface area contributed by atoms with Gasteiger partial charge in [-0.25, -0.2) is 0 Å². The average molecular weight is 529 g/mol. The molecule has 0 saturated carbocycles. The lowest BCUT2D eigenvalue weighted by atomic mass is 9.94. The van der Waals surface area contributed by atoms with E-state index in [-0.39, 0.29) is 16.4 Å². The number of nitrogens with one attached hydrogen (secondary N) is 1. The van der Waals surface area contributed by atoms with Crippen LogP contribution in [0.1, 0.15) is 22.7 Å². The minimum Gasteiger partial charge on any atom is -0.507 e. The summed E-state index contributed by atoms with van der Waals surface area (Å²) in [4.78, 5) is 28.2. The second-order valence-corrected chi connectivity index (χ2v) is 9.56. The van der Waals surface area contributed by atoms with Crippen LogP contribution >= 0.6 is 23.2 Å². The second kappa shape index (κ2) is 10.1. The fraction of sp³-hybridized carbons (Fsp3) is 0.0667. The number of rotatable bonds is 5. The Hall–Kier alpha value is -4.06. The van der Waals surface area contributed by atoms with Gasteiger partial charge in [-0.1, -0.05) is 71.2 Å². The molecule has 0 aromatic heterocycles. The third-order valence-corrected chi connectivity index (χ3v) is 6.94. The molecule has 184 valence electrons. The topological polar surface area (TPSA) is 69.6 Å². The smallest absolute Gasteiger partial charge is 0.300 e. The van der Waals surface area contributed by atoms with Gasteiger partial charge in [-0.15, -0.1) is 0 Å². The molecule has 0 spiro atoms. The maximum atomic E-state index is 13.4. The molecule has 0 radical (unpaired) electrons. The Balaban J connectivity index is 1.60. The average Bonchev–Trinajstić information content (AvgIpc) is 3.16. The minimum absolute atomic E-state index is 0.0134. The maximum Gasteiger partial charge on any atom is 0.300 e. The lowest BCUT2D eigenvalue weighted by molar-refractivity contribution is -0.132. The molecule has 0 bridgehead atoms. The van der Waals surface area contributed by atoms with Crippen LogP contribution in [0.4, 0.5) is 17.1 Å². The van der Waals surface area contributed by atoms with Gasteiger partial charge in [0.1, 0.15) is 5.76 Å². The summed E-state index contributed by atoms with van der Waals surface area (Å²) in [5, 5.41) is 15.1. The van der Waals surface area contributed by atoms with Gasteiger partial charge in [0.2, 0.25) is 0 Å². The number of benzene rings is 4. The lowest BCUT2D eigenvalue weighted by Gasteiger charge is -2.26. The molecule has 2 N–H and O–H groups in total. The summed E-state index contributed by atoms with van der Waals surface area (Å²) >= 11 is 12.2. The summed E-state index contributed by atoms with van der Waals surface area (Å²) < 4.78 is 0. The zero-order valence-corrected chi connectivity index (χ0v) is 21.3. The molecule has 1 atom stereocenters. The lowest BCUT2D eigenvalue weighted by Crippen LogP contribution is -2.29. The number of anilines is 3. The number of carbonyl (C=O) groups excluding carboxylic acids is 2. The highest BCUT2D eigenvalue weighted by molar-refractivity contribution is 6.51. The number of halogens is 2. The summed E-state index contributed by atoms with van der Waals surface area (Å²) in [6.07, 6.45) is 0. The Labute approximate surface area is 224 Å². The summed E-state index contributed by atoms with van der Waals surface area (Å²) in [5.41, 5.74) is 4.23. The highest BCUT2D eigenvalue weighted by atomic mass is 35.5. The standard InChI is InChI=1S/C30H22Cl2N2O3/c1-18-6-5-7-19(16-18)27-26(28(35)20-10-15-24(31)25(32)17-20)29(36)30(37)34(27)23-13-11-22(12-14-23)33-21-8-3-2-4-9-21/h2-17,27,33,35H,1H3/b28-26-. The van der Waals surface area contributed by atoms with Gasteiger partial charge < -0.3 is 10.4 Å². The Morgan fingerprint density at radius 2 is 1.51 bits per heavy atom. The van der Waals surface area contributed by atoms with Crippen molar-refractivity contribution < 1.29 is 14.7 Å². The fourth-order valence-electron chi connectivity index (χ4n) is 4.45. The number of hydrogen-bond acceptors (Lipinski definition) is 4. The summed E-state index contributed by atoms with van der Waals surface area (Å²) in [7, 11) is 0. The first-order valence-electron chi connectivity index (χ1n) is 11.6. The number of para-hydroxylation sites is 1. The number of nitrogens with zero attached hydrogens (tertiary/aromatic N) is 1. The third-order valence-electron chi connectivity index (χ3n) is 6.20. The molecule has 4 aromatic rings. The zero-order valence-electron chi connectivity index (χ0n) is 19.8. The second-order valence-electron chi connectivity index (χ2n) is 8.75. The first kappa shape index (κ1) is 24.6. The normalized spacial score (nSPS) is 16.7. The molecule has 1 unspecified atom stereocenters. The van der Waals surface area contributed by atoms with Crippen molar-refractivity contribution in [1.82, 2.24) is 0 Å². The zero-order chi connectivity index (χ0) is 26.1. The SMILES string of the molecule is Cc1cccc(C2/C(=C(/O)c3ccc(Cl)c(Cl)c3)C(=O)C(=O)N2c2ccc(Nc3ccccc3)cc2)c1. The molecule has 1 fully saturated rings. The Kier molecular flexibility index (Phi) is 6.74. The van der Waals surface area contributed by atoms with Crippen molar-refractivity contribution in [2.45, 2.75) is 13.0 Å². The van der Waals surface area contributed by atoms with E-state index in [4.69, 9.17) is 23.2 Å². The Morgan fingerprint density at radius 3 is 2.19 bits per heavy atom. The van der Waals surface area contributed by atoms with Crippen LogP contribution in [0, 0.1) is 6.92 Å². The largest absolute Gasteiger partial charge is 0.507 e. The summed E-state index contributed by atoms with van der Waals surface area (Å²) in [6, 6.07) is 28.2. The van der Waals surface area contributed by atoms with Crippen molar-refractivity contribution >= 4 is 57.7 Å². The number of aliphatic hydroxyl groups excluding tert-OH is 1. The van der Waals surface area contributed by atoms with Crippen LogP contribution in [0.25, 0.3) is 5.76 Å². The monoisotopic (exact) mass is 528 g/mol. The van der Waals surface area contributed by atoms with Gasteiger partial charge in [0.25, 0.3) is 11.7 Å². The highest BCUT2D eigenvalue weighted by Crippen LogP contribution is 2.43. The molecule has 1 amide bonds. The molecule has 1 heterocycles. The van der Waals surface area contributed by atoms with Crippen molar-refractivity contribution in [1.29, 1.82) is 0 Å². The molecular formula is C30H22Cl2N2O3. The van der Waals surface area contributed by atoms with Gasteiger partial charge in [-0.3, -0.25) is 14.5 Å². The van der Waals surface area contributed by atoms with Crippen LogP contribution in [0.5, 0.6) is 0 Å². The van der Waals surface area contributed by atoms with Crippen molar-refractivity contribution in [2.75, 3.05) is 10.2 Å². The maximum absolute atomic E-state index is 13.4. The van der Waals surface area contributed by atoms with Crippen LogP contribution in [0.3, 0.4) is 0 Å². The molecule has 1 aliphatic heterocycles. The molecule has 4 aromatic carbocycles. The quantitative estimate of drug-likeness (QED) is 0.158. The van der Waals surface area contributed by atoms with Gasteiger partial charge in [0, 0.05) is 22.6 Å². The van der Waals surface area contributed by atoms with E-state index < -0.39 is 17.7 Å². The van der Waals surface area contributed by atoms with E-state index in [0.29, 0.717) is 21.8 Å². The summed E-state index contributed by atoms with van der Waals surface area (Å²) in [6.45, 7) is 1.93. The first-order valence-corrected chi connectivity index (χ1v) is 12.3. The Bertz CT molecular complexity index is 1530. The molecule has 1 aliphatic rings. The van der Waals surface area contributed by atoms with Crippen LogP contribution in [-0.2, 0) is 9.59 Å². The molecule has 5 rings (SSSR count). The number of aryl methyl sites for hydroxylation is 1. The van der Waals surface area contributed by atoms with E-state index in [1.54, 1.807) is 18.2 Å². The molecule has 7 heteroatoms. The number of ketones is 1. The van der Waals surface area contributed by atoms with Gasteiger partial charge >= 0.3 is 0 Å². The van der Waals surface area contributed by atoms with E-state index in [1.165, 1.54) is 17.0 Å². The number of carbonyl (C=O) groups is 2. The highest BCUT2D eigenvalue weighted by Gasteiger charge is 2.47. The van der Waals surface area contributed by atoms with Gasteiger partial charge in [0.15, 0.2) is 0 Å². The molecular weight excluding hydrogens is 507 g/mol. The van der Waals surface area contributed by atoms with E-state index in [2.05, 4.69) is 5.32 Å². The third kappa shape index (κ3) is 4.84. The molecule has 1 saturated heterocycles. The van der Waals surface area contributed by atoms with Crippen LogP contribution in [0.2, 0.25) is 10.0 Å². The van der Waals surface area contributed by atoms with Crippen molar-refractivity contribution in [2.24, 2.45) is 0 Å². The van der Waals surface area contributed by atoms with E-state index >= 15 is 0 Å². The van der Waals surface area contributed by atoms with E-state index in [9.17, 15) is 14.7 Å². The fourth-order valence-corrected chi connectivity index (χ4v) is 4.74. The van der Waals surface area contributed by atoms with Gasteiger partial charge in [-0.2, -0.15) is 0 Å². The molecule has 5 nitrogen and oxygen atoms in total. The molecule has 0 aliphatic carbocycles. The number of Topliss-reactive ketones (excluding diaryl/α,β-unsaturated/α-hetero) is 1. The van der Waals surface area contributed by atoms with Crippen molar-refractivity contribution in [3.63, 3.8) is 0 Å². The number of amides is 1. The predicted octanol–water partition coefficient (Wildman–Crippen LogP) is 7.67. The van der Waals surface area contributed by atoms with Crippen LogP contribution < -0.4 is 10.2 Å².